The van der Waals surface area contributed by atoms with Gasteiger partial charge in [-0.05, 0) is 48.7 Å². The molecule has 0 aliphatic rings. The zero-order chi connectivity index (χ0) is 28.6. The Kier molecular flexibility index (Phi) is 9.73. The van der Waals surface area contributed by atoms with Gasteiger partial charge in [0.25, 0.3) is 5.69 Å². The Bertz CT molecular complexity index is 1340. The monoisotopic (exact) mass is 533 g/mol. The number of nitrogens with zero attached hydrogens (tertiary/aromatic N) is 4. The maximum atomic E-state index is 13.2. The van der Waals surface area contributed by atoms with Gasteiger partial charge in [-0.1, -0.05) is 39.0 Å². The van der Waals surface area contributed by atoms with Crippen LogP contribution in [0, 0.1) is 17.0 Å². The summed E-state index contributed by atoms with van der Waals surface area (Å²) in [6.07, 6.45) is 3.48. The van der Waals surface area contributed by atoms with Crippen LogP contribution in [0.2, 0.25) is 0 Å². The quantitative estimate of drug-likeness (QED) is 0.162. The summed E-state index contributed by atoms with van der Waals surface area (Å²) < 4.78 is 6.84. The number of nitro benzene ring substituents is 1. The van der Waals surface area contributed by atoms with Crippen LogP contribution >= 0.6 is 0 Å². The highest BCUT2D eigenvalue weighted by Gasteiger charge is 2.23. The second kappa shape index (κ2) is 13.0. The van der Waals surface area contributed by atoms with E-state index in [0.29, 0.717) is 31.0 Å². The van der Waals surface area contributed by atoms with Crippen molar-refractivity contribution in [2.75, 3.05) is 32.1 Å². The number of hydrogen-bond acceptors (Lipinski definition) is 6. The predicted octanol–water partition coefficient (Wildman–Crippen LogP) is 4.90. The second-order valence-electron chi connectivity index (χ2n) is 10.2. The van der Waals surface area contributed by atoms with E-state index in [4.69, 9.17) is 9.84 Å². The number of aryl methyl sites for hydroxylation is 1. The van der Waals surface area contributed by atoms with Crippen molar-refractivity contribution in [3.63, 3.8) is 0 Å². The summed E-state index contributed by atoms with van der Waals surface area (Å²) >= 11 is 0. The van der Waals surface area contributed by atoms with Crippen LogP contribution in [0.3, 0.4) is 0 Å². The first-order chi connectivity index (χ1) is 18.5. The second-order valence-corrected chi connectivity index (χ2v) is 10.2. The SMILES string of the molecule is COCCCN(CC(=O)Nc1cc(C(C)(C)C)nn1-c1ccccc1C)C(=O)C=Cc1ccc([N+](=O)[O-])cc1. The maximum Gasteiger partial charge on any atom is 0.269 e. The van der Waals surface area contributed by atoms with Gasteiger partial charge in [-0.25, -0.2) is 4.68 Å². The van der Waals surface area contributed by atoms with Crippen molar-refractivity contribution in [2.24, 2.45) is 0 Å². The van der Waals surface area contributed by atoms with Gasteiger partial charge in [-0.15, -0.1) is 0 Å². The first-order valence-electron chi connectivity index (χ1n) is 12.7. The largest absolute Gasteiger partial charge is 0.385 e. The van der Waals surface area contributed by atoms with Crippen molar-refractivity contribution in [1.29, 1.82) is 0 Å². The van der Waals surface area contributed by atoms with E-state index < -0.39 is 4.92 Å². The van der Waals surface area contributed by atoms with Crippen LogP contribution in [0.15, 0.2) is 60.7 Å². The number of benzene rings is 2. The molecule has 0 unspecified atom stereocenters. The first kappa shape index (κ1) is 29.2. The van der Waals surface area contributed by atoms with Gasteiger partial charge in [0, 0.05) is 50.0 Å². The number of hydrogen-bond donors (Lipinski definition) is 1. The van der Waals surface area contributed by atoms with Crippen LogP contribution in [-0.4, -0.2) is 58.2 Å². The number of aromatic nitrogens is 2. The number of nitro groups is 1. The molecular weight excluding hydrogens is 498 g/mol. The van der Waals surface area contributed by atoms with Gasteiger partial charge >= 0.3 is 0 Å². The van der Waals surface area contributed by atoms with E-state index in [9.17, 15) is 19.7 Å². The zero-order valence-electron chi connectivity index (χ0n) is 23.0. The molecule has 2 amide bonds. The van der Waals surface area contributed by atoms with Crippen molar-refractivity contribution in [2.45, 2.75) is 39.5 Å². The van der Waals surface area contributed by atoms with E-state index in [-0.39, 0.29) is 29.5 Å². The fraction of sp³-hybridized carbons (Fsp3) is 0.345. The third-order valence-corrected chi connectivity index (χ3v) is 6.03. The lowest BCUT2D eigenvalue weighted by molar-refractivity contribution is -0.384. The van der Waals surface area contributed by atoms with Gasteiger partial charge < -0.3 is 15.0 Å². The number of amides is 2. The fourth-order valence-corrected chi connectivity index (χ4v) is 3.82. The molecule has 0 saturated carbocycles. The normalized spacial score (nSPS) is 11.5. The van der Waals surface area contributed by atoms with Crippen LogP contribution < -0.4 is 5.32 Å². The molecule has 206 valence electrons. The first-order valence-corrected chi connectivity index (χ1v) is 12.7. The molecule has 1 heterocycles. The Balaban J connectivity index is 1.80. The van der Waals surface area contributed by atoms with E-state index >= 15 is 0 Å². The number of carbonyl (C=O) groups is 2. The number of anilines is 1. The Hall–Kier alpha value is -4.31. The highest BCUT2D eigenvalue weighted by atomic mass is 16.6. The van der Waals surface area contributed by atoms with E-state index in [1.807, 2.05) is 37.3 Å². The average Bonchev–Trinajstić information content (AvgIpc) is 3.31. The zero-order valence-corrected chi connectivity index (χ0v) is 23.0. The molecule has 0 saturated heterocycles. The van der Waals surface area contributed by atoms with Crippen LogP contribution in [-0.2, 0) is 19.7 Å². The maximum absolute atomic E-state index is 13.2. The van der Waals surface area contributed by atoms with Gasteiger partial charge in [0.2, 0.25) is 11.8 Å². The molecule has 10 heteroatoms. The molecule has 0 aliphatic heterocycles. The Morgan fingerprint density at radius 2 is 1.85 bits per heavy atom. The van der Waals surface area contributed by atoms with Crippen LogP contribution in [0.5, 0.6) is 0 Å². The molecule has 0 fully saturated rings. The molecule has 0 bridgehead atoms. The number of carbonyl (C=O) groups excluding carboxylic acids is 2. The highest BCUT2D eigenvalue weighted by molar-refractivity contribution is 5.98. The van der Waals surface area contributed by atoms with Crippen LogP contribution in [0.1, 0.15) is 44.0 Å². The summed E-state index contributed by atoms with van der Waals surface area (Å²) in [6, 6.07) is 15.5. The molecule has 10 nitrogen and oxygen atoms in total. The van der Waals surface area contributed by atoms with Crippen LogP contribution in [0.25, 0.3) is 11.8 Å². The van der Waals surface area contributed by atoms with E-state index in [1.54, 1.807) is 30.0 Å². The molecule has 0 spiro atoms. The lowest BCUT2D eigenvalue weighted by Gasteiger charge is -2.21. The third kappa shape index (κ3) is 8.08. The Morgan fingerprint density at radius 1 is 1.15 bits per heavy atom. The van der Waals surface area contributed by atoms with Gasteiger partial charge in [0.05, 0.1) is 16.3 Å². The van der Waals surface area contributed by atoms with Crippen molar-refractivity contribution in [3.05, 3.63) is 87.6 Å². The van der Waals surface area contributed by atoms with Gasteiger partial charge in [-0.3, -0.25) is 19.7 Å². The highest BCUT2D eigenvalue weighted by Crippen LogP contribution is 2.27. The van der Waals surface area contributed by atoms with E-state index in [0.717, 1.165) is 16.9 Å². The summed E-state index contributed by atoms with van der Waals surface area (Å²) in [6.45, 7) is 8.72. The van der Waals surface area contributed by atoms with Crippen molar-refractivity contribution >= 4 is 29.4 Å². The smallest absolute Gasteiger partial charge is 0.269 e. The molecule has 1 aromatic heterocycles. The van der Waals surface area contributed by atoms with Gasteiger partial charge in [-0.2, -0.15) is 5.10 Å². The number of para-hydroxylation sites is 1. The lowest BCUT2D eigenvalue weighted by Crippen LogP contribution is -2.38. The fourth-order valence-electron chi connectivity index (χ4n) is 3.82. The number of rotatable bonds is 11. The molecule has 1 N–H and O–H groups in total. The Labute approximate surface area is 228 Å². The average molecular weight is 534 g/mol. The lowest BCUT2D eigenvalue weighted by atomic mass is 9.92. The number of methoxy groups -OCH3 is 1. The summed E-state index contributed by atoms with van der Waals surface area (Å²) in [7, 11) is 1.58. The van der Waals surface area contributed by atoms with E-state index in [2.05, 4.69) is 26.1 Å². The van der Waals surface area contributed by atoms with Crippen molar-refractivity contribution in [3.8, 4) is 5.69 Å². The van der Waals surface area contributed by atoms with Gasteiger partial charge in [0.1, 0.15) is 12.4 Å². The number of ether oxygens (including phenoxy) is 1. The predicted molar refractivity (Wildman–Crippen MR) is 151 cm³/mol. The Morgan fingerprint density at radius 3 is 2.46 bits per heavy atom. The third-order valence-electron chi connectivity index (χ3n) is 6.03. The molecule has 39 heavy (non-hydrogen) atoms. The standard InChI is InChI=1S/C29H35N5O5/c1-21-9-6-7-10-24(21)33-26(19-25(31-33)29(2,3)4)30-27(35)20-32(17-8-18-39-5)28(36)16-13-22-11-14-23(15-12-22)34(37)38/h6-7,9-16,19H,8,17-18,20H2,1-5H3,(H,30,35). The summed E-state index contributed by atoms with van der Waals surface area (Å²) in [4.78, 5) is 38.1. The molecule has 0 atom stereocenters. The molecule has 3 aromatic rings. The summed E-state index contributed by atoms with van der Waals surface area (Å²) in [5.74, 6) is -0.202. The van der Waals surface area contributed by atoms with Crippen molar-refractivity contribution < 1.29 is 19.2 Å². The summed E-state index contributed by atoms with van der Waals surface area (Å²) in [5.41, 5.74) is 3.04. The van der Waals surface area contributed by atoms with Crippen LogP contribution in [0.4, 0.5) is 11.5 Å². The van der Waals surface area contributed by atoms with E-state index in [1.165, 1.54) is 23.1 Å². The van der Waals surface area contributed by atoms with Gasteiger partial charge in [0.15, 0.2) is 0 Å². The molecule has 3 rings (SSSR count). The number of nitrogens with one attached hydrogen (secondary N) is 1. The molecule has 0 aliphatic carbocycles. The minimum absolute atomic E-state index is 0.0316. The van der Waals surface area contributed by atoms with Crippen molar-refractivity contribution in [1.82, 2.24) is 14.7 Å². The molecular formula is C29H35N5O5. The minimum Gasteiger partial charge on any atom is -0.385 e. The number of non-ortho nitro benzene ring substituents is 1. The minimum atomic E-state index is -0.482. The molecule has 2 aromatic carbocycles. The summed E-state index contributed by atoms with van der Waals surface area (Å²) in [5, 5.41) is 18.6. The molecule has 0 radical (unpaired) electrons. The topological polar surface area (TPSA) is 120 Å².